The molecular weight excluding hydrogens is 391 g/mol. The topological polar surface area (TPSA) is 114 Å². The first-order chi connectivity index (χ1) is 14.4. The normalized spacial score (nSPS) is 10.6. The van der Waals surface area contributed by atoms with Crippen LogP contribution in [0.25, 0.3) is 0 Å². The highest BCUT2D eigenvalue weighted by molar-refractivity contribution is 6.04. The van der Waals surface area contributed by atoms with Gasteiger partial charge in [0.25, 0.3) is 17.5 Å². The average molecular weight is 406 g/mol. The number of nitro groups is 1. The lowest BCUT2D eigenvalue weighted by molar-refractivity contribution is -0.384. The van der Waals surface area contributed by atoms with Crippen LogP contribution in [0.2, 0.25) is 0 Å². The average Bonchev–Trinajstić information content (AvgIpc) is 2.75. The summed E-state index contributed by atoms with van der Waals surface area (Å²) in [6, 6.07) is 16.9. The molecule has 0 atom stereocenters. The predicted molar refractivity (Wildman–Crippen MR) is 109 cm³/mol. The fourth-order valence-electron chi connectivity index (χ4n) is 2.42. The van der Waals surface area contributed by atoms with E-state index in [0.29, 0.717) is 22.4 Å². The van der Waals surface area contributed by atoms with Crippen LogP contribution in [0.4, 0.5) is 15.8 Å². The van der Waals surface area contributed by atoms with E-state index in [9.17, 15) is 24.1 Å². The van der Waals surface area contributed by atoms with Crippen LogP contribution in [0.15, 0.2) is 77.9 Å². The quantitative estimate of drug-likeness (QED) is 0.369. The number of benzene rings is 3. The summed E-state index contributed by atoms with van der Waals surface area (Å²) >= 11 is 0. The summed E-state index contributed by atoms with van der Waals surface area (Å²) in [7, 11) is 0. The zero-order chi connectivity index (χ0) is 21.5. The minimum atomic E-state index is -0.506. The van der Waals surface area contributed by atoms with E-state index in [1.165, 1.54) is 66.9 Å². The van der Waals surface area contributed by atoms with Gasteiger partial charge < -0.3 is 5.32 Å². The first kappa shape index (κ1) is 20.3. The van der Waals surface area contributed by atoms with Crippen molar-refractivity contribution in [2.24, 2.45) is 5.10 Å². The highest BCUT2D eigenvalue weighted by atomic mass is 19.1. The van der Waals surface area contributed by atoms with E-state index in [0.717, 1.165) is 0 Å². The molecule has 0 aliphatic heterocycles. The number of amides is 2. The summed E-state index contributed by atoms with van der Waals surface area (Å²) < 4.78 is 12.9. The van der Waals surface area contributed by atoms with Gasteiger partial charge in [0.15, 0.2) is 0 Å². The van der Waals surface area contributed by atoms with E-state index >= 15 is 0 Å². The van der Waals surface area contributed by atoms with E-state index in [2.05, 4.69) is 15.8 Å². The molecular formula is C21H15FN4O4. The molecule has 8 nitrogen and oxygen atoms in total. The predicted octanol–water partition coefficient (Wildman–Crippen LogP) is 3.75. The number of halogens is 1. The van der Waals surface area contributed by atoms with Gasteiger partial charge in [-0.05, 0) is 66.2 Å². The van der Waals surface area contributed by atoms with Crippen LogP contribution in [0, 0.1) is 15.9 Å². The monoisotopic (exact) mass is 406 g/mol. The number of non-ortho nitro benzene ring substituents is 1. The molecule has 0 saturated carbocycles. The number of nitrogens with zero attached hydrogens (tertiary/aromatic N) is 2. The molecule has 0 fully saturated rings. The summed E-state index contributed by atoms with van der Waals surface area (Å²) in [5.74, 6) is -1.30. The SMILES string of the molecule is O=C(NN=Cc1ccc([N+](=O)[O-])cc1)c1ccc(NC(=O)c2ccc(F)cc2)cc1. The molecule has 2 N–H and O–H groups in total. The molecule has 3 rings (SSSR count). The van der Waals surface area contributed by atoms with Gasteiger partial charge in [-0.1, -0.05) is 0 Å². The van der Waals surface area contributed by atoms with Gasteiger partial charge in [-0.3, -0.25) is 19.7 Å². The van der Waals surface area contributed by atoms with Crippen LogP contribution < -0.4 is 10.7 Å². The zero-order valence-electron chi connectivity index (χ0n) is 15.4. The largest absolute Gasteiger partial charge is 0.322 e. The van der Waals surface area contributed by atoms with Crippen molar-refractivity contribution < 1.29 is 18.9 Å². The third-order valence-corrected chi connectivity index (χ3v) is 3.99. The molecule has 0 aliphatic rings. The van der Waals surface area contributed by atoms with Crippen molar-refractivity contribution in [2.45, 2.75) is 0 Å². The maximum Gasteiger partial charge on any atom is 0.271 e. The van der Waals surface area contributed by atoms with Crippen molar-refractivity contribution in [3.05, 3.63) is 105 Å². The number of nitro benzene ring substituents is 1. The number of hydrogen-bond acceptors (Lipinski definition) is 5. The van der Waals surface area contributed by atoms with E-state index in [4.69, 9.17) is 0 Å². The van der Waals surface area contributed by atoms with E-state index < -0.39 is 22.6 Å². The van der Waals surface area contributed by atoms with Gasteiger partial charge in [0.05, 0.1) is 11.1 Å². The third kappa shape index (κ3) is 5.32. The van der Waals surface area contributed by atoms with E-state index in [1.54, 1.807) is 12.1 Å². The number of carbonyl (C=O) groups excluding carboxylic acids is 2. The Morgan fingerprint density at radius 1 is 0.867 bits per heavy atom. The molecule has 0 saturated heterocycles. The maximum atomic E-state index is 12.9. The number of nitrogens with one attached hydrogen (secondary N) is 2. The van der Waals surface area contributed by atoms with E-state index in [1.807, 2.05) is 0 Å². The molecule has 0 aliphatic carbocycles. The van der Waals surface area contributed by atoms with Crippen LogP contribution in [0.5, 0.6) is 0 Å². The fourth-order valence-corrected chi connectivity index (χ4v) is 2.42. The Bertz CT molecular complexity index is 1100. The molecule has 3 aromatic rings. The molecule has 0 aromatic heterocycles. The summed E-state index contributed by atoms with van der Waals surface area (Å²) in [5.41, 5.74) is 3.98. The van der Waals surface area contributed by atoms with Gasteiger partial charge in [0.1, 0.15) is 5.82 Å². The Morgan fingerprint density at radius 3 is 2.03 bits per heavy atom. The summed E-state index contributed by atoms with van der Waals surface area (Å²) in [5, 5.41) is 17.1. The molecule has 150 valence electrons. The summed E-state index contributed by atoms with van der Waals surface area (Å²) in [6.45, 7) is 0. The third-order valence-electron chi connectivity index (χ3n) is 3.99. The van der Waals surface area contributed by atoms with Crippen molar-refractivity contribution in [3.63, 3.8) is 0 Å². The van der Waals surface area contributed by atoms with Crippen molar-refractivity contribution >= 4 is 29.4 Å². The van der Waals surface area contributed by atoms with Crippen LogP contribution >= 0.6 is 0 Å². The lowest BCUT2D eigenvalue weighted by Gasteiger charge is -2.06. The van der Waals surface area contributed by atoms with Crippen LogP contribution in [0.3, 0.4) is 0 Å². The smallest absolute Gasteiger partial charge is 0.271 e. The number of anilines is 1. The van der Waals surface area contributed by atoms with Gasteiger partial charge in [0.2, 0.25) is 0 Å². The van der Waals surface area contributed by atoms with Crippen LogP contribution in [0.1, 0.15) is 26.3 Å². The minimum Gasteiger partial charge on any atom is -0.322 e. The van der Waals surface area contributed by atoms with Crippen molar-refractivity contribution in [2.75, 3.05) is 5.32 Å². The summed E-state index contributed by atoms with van der Waals surface area (Å²) in [4.78, 5) is 34.3. The minimum absolute atomic E-state index is 0.0391. The first-order valence-corrected chi connectivity index (χ1v) is 8.67. The van der Waals surface area contributed by atoms with Gasteiger partial charge >= 0.3 is 0 Å². The Hall–Kier alpha value is -4.40. The Labute approximate surface area is 170 Å². The maximum absolute atomic E-state index is 12.9. The van der Waals surface area contributed by atoms with Gasteiger partial charge in [-0.2, -0.15) is 5.10 Å². The lowest BCUT2D eigenvalue weighted by Crippen LogP contribution is -2.17. The second kappa shape index (κ2) is 9.20. The number of hydrazone groups is 1. The Kier molecular flexibility index (Phi) is 6.23. The highest BCUT2D eigenvalue weighted by Crippen LogP contribution is 2.13. The first-order valence-electron chi connectivity index (χ1n) is 8.67. The number of rotatable bonds is 6. The van der Waals surface area contributed by atoms with Crippen LogP contribution in [-0.4, -0.2) is 23.0 Å². The van der Waals surface area contributed by atoms with Gasteiger partial charge in [0, 0.05) is 28.9 Å². The lowest BCUT2D eigenvalue weighted by atomic mass is 10.1. The molecule has 0 radical (unpaired) electrons. The molecule has 3 aromatic carbocycles. The zero-order valence-corrected chi connectivity index (χ0v) is 15.4. The fraction of sp³-hybridized carbons (Fsp3) is 0. The number of hydrogen-bond donors (Lipinski definition) is 2. The van der Waals surface area contributed by atoms with Gasteiger partial charge in [-0.25, -0.2) is 9.82 Å². The van der Waals surface area contributed by atoms with Gasteiger partial charge in [-0.15, -0.1) is 0 Å². The molecule has 0 heterocycles. The summed E-state index contributed by atoms with van der Waals surface area (Å²) in [6.07, 6.45) is 1.36. The molecule has 9 heteroatoms. The Morgan fingerprint density at radius 2 is 1.43 bits per heavy atom. The van der Waals surface area contributed by atoms with Crippen molar-refractivity contribution in [3.8, 4) is 0 Å². The highest BCUT2D eigenvalue weighted by Gasteiger charge is 2.08. The second-order valence-electron chi connectivity index (χ2n) is 6.09. The number of carbonyl (C=O) groups is 2. The molecule has 30 heavy (non-hydrogen) atoms. The molecule has 0 spiro atoms. The standard InChI is InChI=1S/C21H15FN4O4/c22-17-7-3-15(4-8-17)20(27)24-18-9-5-16(6-10-18)21(28)25-23-13-14-1-11-19(12-2-14)26(29)30/h1-13H,(H,24,27)(H,25,28). The molecule has 2 amide bonds. The molecule has 0 bridgehead atoms. The van der Waals surface area contributed by atoms with Crippen molar-refractivity contribution in [1.82, 2.24) is 5.43 Å². The molecule has 0 unspecified atom stereocenters. The van der Waals surface area contributed by atoms with Crippen molar-refractivity contribution in [1.29, 1.82) is 0 Å². The van der Waals surface area contributed by atoms with E-state index in [-0.39, 0.29) is 5.69 Å². The Balaban J connectivity index is 1.56. The van der Waals surface area contributed by atoms with Crippen LogP contribution in [-0.2, 0) is 0 Å². The second-order valence-corrected chi connectivity index (χ2v) is 6.09.